The van der Waals surface area contributed by atoms with Gasteiger partial charge in [-0.3, -0.25) is 4.79 Å². The first-order valence-electron chi connectivity index (χ1n) is 7.52. The lowest BCUT2D eigenvalue weighted by atomic mass is 10.2. The van der Waals surface area contributed by atoms with E-state index in [1.807, 2.05) is 14.0 Å². The Morgan fingerprint density at radius 3 is 2.55 bits per heavy atom. The van der Waals surface area contributed by atoms with E-state index in [0.717, 1.165) is 19.5 Å². The van der Waals surface area contributed by atoms with Crippen LogP contribution in [0, 0.1) is 0 Å². The fraction of sp³-hybridized carbons (Fsp3) is 0.533. The van der Waals surface area contributed by atoms with Gasteiger partial charge in [-0.05, 0) is 31.7 Å². The zero-order valence-electron chi connectivity index (χ0n) is 13.1. The van der Waals surface area contributed by atoms with Crippen molar-refractivity contribution in [1.29, 1.82) is 0 Å². The number of nitrogens with zero attached hydrogens (tertiary/aromatic N) is 2. The highest BCUT2D eigenvalue weighted by Gasteiger charge is 2.27. The van der Waals surface area contributed by atoms with Gasteiger partial charge in [0.1, 0.15) is 0 Å². The maximum absolute atomic E-state index is 12.7. The van der Waals surface area contributed by atoms with Gasteiger partial charge in [-0.25, -0.2) is 8.42 Å². The molecule has 7 heteroatoms. The molecule has 22 heavy (non-hydrogen) atoms. The summed E-state index contributed by atoms with van der Waals surface area (Å²) >= 11 is 0. The maximum Gasteiger partial charge on any atom is 0.251 e. The van der Waals surface area contributed by atoms with Crippen molar-refractivity contribution in [2.24, 2.45) is 0 Å². The molecule has 1 saturated heterocycles. The van der Waals surface area contributed by atoms with Crippen molar-refractivity contribution in [3.8, 4) is 0 Å². The summed E-state index contributed by atoms with van der Waals surface area (Å²) in [5, 5.41) is 2.76. The second-order valence-corrected chi connectivity index (χ2v) is 7.43. The molecule has 1 heterocycles. The Kier molecular flexibility index (Phi) is 5.55. The van der Waals surface area contributed by atoms with Gasteiger partial charge in [0.25, 0.3) is 5.91 Å². The summed E-state index contributed by atoms with van der Waals surface area (Å²) in [6, 6.07) is 6.25. The molecule has 1 aliphatic heterocycles. The second kappa shape index (κ2) is 7.21. The third kappa shape index (κ3) is 3.85. The van der Waals surface area contributed by atoms with Gasteiger partial charge in [-0.1, -0.05) is 13.0 Å². The summed E-state index contributed by atoms with van der Waals surface area (Å²) in [4.78, 5) is 14.3. The molecular weight excluding hydrogens is 302 g/mol. The molecule has 122 valence electrons. The predicted octanol–water partition coefficient (Wildman–Crippen LogP) is 0.762. The van der Waals surface area contributed by atoms with Crippen LogP contribution in [0.4, 0.5) is 0 Å². The zero-order chi connectivity index (χ0) is 16.2. The van der Waals surface area contributed by atoms with Crippen LogP contribution in [0.3, 0.4) is 0 Å². The minimum Gasteiger partial charge on any atom is -0.352 e. The number of benzene rings is 1. The Morgan fingerprint density at radius 1 is 1.23 bits per heavy atom. The number of carbonyl (C=O) groups excluding carboxylic acids is 1. The predicted molar refractivity (Wildman–Crippen MR) is 85.3 cm³/mol. The van der Waals surface area contributed by atoms with E-state index in [2.05, 4.69) is 10.2 Å². The molecular formula is C15H23N3O3S. The minimum absolute atomic E-state index is 0.182. The third-order valence-corrected chi connectivity index (χ3v) is 5.63. The van der Waals surface area contributed by atoms with Crippen molar-refractivity contribution in [3.63, 3.8) is 0 Å². The Bertz CT molecular complexity index is 623. The molecule has 0 atom stereocenters. The van der Waals surface area contributed by atoms with Crippen LogP contribution in [0.1, 0.15) is 23.7 Å². The summed E-state index contributed by atoms with van der Waals surface area (Å²) in [6.07, 6.45) is 0.838. The third-order valence-electron chi connectivity index (χ3n) is 3.73. The van der Waals surface area contributed by atoms with Crippen LogP contribution in [-0.4, -0.2) is 63.3 Å². The Balaban J connectivity index is 2.19. The van der Waals surface area contributed by atoms with Gasteiger partial charge in [-0.2, -0.15) is 4.31 Å². The van der Waals surface area contributed by atoms with E-state index in [4.69, 9.17) is 0 Å². The first kappa shape index (κ1) is 16.9. The van der Waals surface area contributed by atoms with Gasteiger partial charge in [-0.15, -0.1) is 0 Å². The van der Waals surface area contributed by atoms with Gasteiger partial charge in [0.05, 0.1) is 4.90 Å². The Hall–Kier alpha value is -1.44. The summed E-state index contributed by atoms with van der Waals surface area (Å²) in [6.45, 7) is 4.94. The van der Waals surface area contributed by atoms with Crippen LogP contribution in [0.25, 0.3) is 0 Å². The van der Waals surface area contributed by atoms with Gasteiger partial charge in [0, 0.05) is 38.3 Å². The SMILES string of the molecule is CCCNC(=O)c1cccc(S(=O)(=O)N2CCN(C)CC2)c1. The zero-order valence-corrected chi connectivity index (χ0v) is 13.9. The molecule has 0 spiro atoms. The number of sulfonamides is 1. The Labute approximate surface area is 132 Å². The molecule has 2 rings (SSSR count). The summed E-state index contributed by atoms with van der Waals surface area (Å²) in [5.41, 5.74) is 0.378. The van der Waals surface area contributed by atoms with Crippen molar-refractivity contribution in [1.82, 2.24) is 14.5 Å². The highest BCUT2D eigenvalue weighted by atomic mass is 32.2. The van der Waals surface area contributed by atoms with Crippen LogP contribution < -0.4 is 5.32 Å². The average Bonchev–Trinajstić information content (AvgIpc) is 2.53. The van der Waals surface area contributed by atoms with E-state index in [1.54, 1.807) is 18.2 Å². The summed E-state index contributed by atoms with van der Waals surface area (Å²) in [5.74, 6) is -0.239. The first-order valence-corrected chi connectivity index (χ1v) is 8.96. The van der Waals surface area contributed by atoms with Crippen molar-refractivity contribution >= 4 is 15.9 Å². The molecule has 0 aliphatic carbocycles. The summed E-state index contributed by atoms with van der Waals surface area (Å²) in [7, 11) is -1.56. The van der Waals surface area contributed by atoms with Crippen LogP contribution in [0.15, 0.2) is 29.2 Å². The molecule has 1 aliphatic rings. The van der Waals surface area contributed by atoms with Crippen molar-refractivity contribution in [2.45, 2.75) is 18.2 Å². The molecule has 1 aromatic carbocycles. The van der Waals surface area contributed by atoms with E-state index in [1.165, 1.54) is 10.4 Å². The quantitative estimate of drug-likeness (QED) is 0.868. The van der Waals surface area contributed by atoms with Crippen molar-refractivity contribution in [3.05, 3.63) is 29.8 Å². The summed E-state index contributed by atoms with van der Waals surface area (Å²) < 4.78 is 26.8. The first-order chi connectivity index (χ1) is 10.4. The molecule has 1 N–H and O–H groups in total. The van der Waals surface area contributed by atoms with Gasteiger partial charge >= 0.3 is 0 Å². The minimum atomic E-state index is -3.54. The number of amides is 1. The topological polar surface area (TPSA) is 69.7 Å². The van der Waals surface area contributed by atoms with E-state index in [9.17, 15) is 13.2 Å². The lowest BCUT2D eigenvalue weighted by Gasteiger charge is -2.31. The number of nitrogens with one attached hydrogen (secondary N) is 1. The van der Waals surface area contributed by atoms with E-state index in [0.29, 0.717) is 25.2 Å². The number of piperazine rings is 1. The lowest BCUT2D eigenvalue weighted by Crippen LogP contribution is -2.47. The van der Waals surface area contributed by atoms with E-state index in [-0.39, 0.29) is 10.8 Å². The molecule has 0 aromatic heterocycles. The maximum atomic E-state index is 12.7. The standard InChI is InChI=1S/C15H23N3O3S/c1-3-7-16-15(19)13-5-4-6-14(12-13)22(20,21)18-10-8-17(2)9-11-18/h4-6,12H,3,7-11H2,1-2H3,(H,16,19). The second-order valence-electron chi connectivity index (χ2n) is 5.49. The normalized spacial score (nSPS) is 17.4. The van der Waals surface area contributed by atoms with Crippen LogP contribution in [-0.2, 0) is 10.0 Å². The molecule has 6 nitrogen and oxygen atoms in total. The largest absolute Gasteiger partial charge is 0.352 e. The number of hydrogen-bond donors (Lipinski definition) is 1. The molecule has 1 aromatic rings. The van der Waals surface area contributed by atoms with Crippen LogP contribution in [0.5, 0.6) is 0 Å². The fourth-order valence-corrected chi connectivity index (χ4v) is 3.78. The van der Waals surface area contributed by atoms with Crippen LogP contribution >= 0.6 is 0 Å². The fourth-order valence-electron chi connectivity index (χ4n) is 2.32. The van der Waals surface area contributed by atoms with Gasteiger partial charge in [0.2, 0.25) is 10.0 Å². The van der Waals surface area contributed by atoms with Crippen molar-refractivity contribution in [2.75, 3.05) is 39.8 Å². The highest BCUT2D eigenvalue weighted by Crippen LogP contribution is 2.18. The molecule has 0 saturated carbocycles. The van der Waals surface area contributed by atoms with E-state index >= 15 is 0 Å². The number of likely N-dealkylation sites (N-methyl/N-ethyl adjacent to an activating group) is 1. The molecule has 1 amide bonds. The molecule has 0 bridgehead atoms. The lowest BCUT2D eigenvalue weighted by molar-refractivity contribution is 0.0953. The molecule has 1 fully saturated rings. The monoisotopic (exact) mass is 325 g/mol. The van der Waals surface area contributed by atoms with Gasteiger partial charge in [0.15, 0.2) is 0 Å². The smallest absolute Gasteiger partial charge is 0.251 e. The van der Waals surface area contributed by atoms with E-state index < -0.39 is 10.0 Å². The number of hydrogen-bond acceptors (Lipinski definition) is 4. The molecule has 0 unspecified atom stereocenters. The Morgan fingerprint density at radius 2 is 1.91 bits per heavy atom. The van der Waals surface area contributed by atoms with Crippen molar-refractivity contribution < 1.29 is 13.2 Å². The highest BCUT2D eigenvalue weighted by molar-refractivity contribution is 7.89. The average molecular weight is 325 g/mol. The van der Waals surface area contributed by atoms with Crippen LogP contribution in [0.2, 0.25) is 0 Å². The number of carbonyl (C=O) groups is 1. The number of rotatable bonds is 5. The van der Waals surface area contributed by atoms with Gasteiger partial charge < -0.3 is 10.2 Å². The molecule has 0 radical (unpaired) electrons.